The number of rotatable bonds is 6. The minimum absolute atomic E-state index is 0.0456. The van der Waals surface area contributed by atoms with Crippen molar-refractivity contribution in [3.05, 3.63) is 26.7 Å². The Labute approximate surface area is 127 Å². The van der Waals surface area contributed by atoms with Gasteiger partial charge in [-0.2, -0.15) is 0 Å². The molecule has 0 aliphatic carbocycles. The van der Waals surface area contributed by atoms with Crippen molar-refractivity contribution in [2.45, 2.75) is 26.3 Å². The Bertz CT molecular complexity index is 906. The zero-order chi connectivity index (χ0) is 16.5. The van der Waals surface area contributed by atoms with E-state index in [0.717, 1.165) is 11.0 Å². The Kier molecular flexibility index (Phi) is 4.52. The van der Waals surface area contributed by atoms with Gasteiger partial charge in [-0.1, -0.05) is 13.3 Å². The Morgan fingerprint density at radius 2 is 1.91 bits per heavy atom. The van der Waals surface area contributed by atoms with Crippen molar-refractivity contribution in [2.24, 2.45) is 14.1 Å². The molecule has 0 saturated carbocycles. The van der Waals surface area contributed by atoms with Crippen LogP contribution in [-0.2, 0) is 30.7 Å². The van der Waals surface area contributed by atoms with Gasteiger partial charge in [0.15, 0.2) is 5.65 Å². The quantitative estimate of drug-likeness (QED) is 0.718. The number of H-pyrrole nitrogens is 1. The molecular formula is C12H19N5O4S. The van der Waals surface area contributed by atoms with Crippen LogP contribution in [0, 0.1) is 0 Å². The molecule has 0 radical (unpaired) electrons. The standard InChI is InChI=1S/C12H19N5O4S/c1-4-5-6-22(20,21)13-7-8-14-9-10(15-8)16(2)12(19)17(3)11(9)18/h13H,4-7H2,1-3H3,(H,14,15). The fourth-order valence-electron chi connectivity index (χ4n) is 2.04. The molecular weight excluding hydrogens is 310 g/mol. The number of aromatic amines is 1. The van der Waals surface area contributed by atoms with E-state index in [1.165, 1.54) is 18.7 Å². The summed E-state index contributed by atoms with van der Waals surface area (Å²) in [6.45, 7) is 1.85. The molecule has 2 heterocycles. The van der Waals surface area contributed by atoms with Gasteiger partial charge in [0.1, 0.15) is 11.3 Å². The van der Waals surface area contributed by atoms with Crippen molar-refractivity contribution in [3.8, 4) is 0 Å². The third kappa shape index (κ3) is 3.12. The average molecular weight is 329 g/mol. The maximum atomic E-state index is 12.0. The largest absolute Gasteiger partial charge is 0.335 e. The monoisotopic (exact) mass is 329 g/mol. The molecule has 0 bridgehead atoms. The van der Waals surface area contributed by atoms with Gasteiger partial charge in [0, 0.05) is 14.1 Å². The van der Waals surface area contributed by atoms with Gasteiger partial charge in [-0.15, -0.1) is 0 Å². The second-order valence-electron chi connectivity index (χ2n) is 5.08. The fraction of sp³-hybridized carbons (Fsp3) is 0.583. The van der Waals surface area contributed by atoms with E-state index in [1.54, 1.807) is 0 Å². The Hall–Kier alpha value is -1.94. The van der Waals surface area contributed by atoms with E-state index in [4.69, 9.17) is 0 Å². The number of unbranched alkanes of at least 4 members (excludes halogenated alkanes) is 1. The average Bonchev–Trinajstić information content (AvgIpc) is 2.91. The van der Waals surface area contributed by atoms with Crippen LogP contribution >= 0.6 is 0 Å². The van der Waals surface area contributed by atoms with Gasteiger partial charge in [-0.05, 0) is 6.42 Å². The van der Waals surface area contributed by atoms with Crippen molar-refractivity contribution in [1.82, 2.24) is 23.8 Å². The summed E-state index contributed by atoms with van der Waals surface area (Å²) >= 11 is 0. The molecule has 2 aromatic heterocycles. The first-order valence-corrected chi connectivity index (χ1v) is 8.54. The van der Waals surface area contributed by atoms with E-state index in [2.05, 4.69) is 14.7 Å². The van der Waals surface area contributed by atoms with E-state index in [0.29, 0.717) is 6.42 Å². The van der Waals surface area contributed by atoms with Crippen molar-refractivity contribution in [2.75, 3.05) is 5.75 Å². The van der Waals surface area contributed by atoms with Crippen LogP contribution in [-0.4, -0.2) is 33.3 Å². The first kappa shape index (κ1) is 16.4. The summed E-state index contributed by atoms with van der Waals surface area (Å²) in [5.74, 6) is 0.331. The molecule has 2 rings (SSSR count). The first-order chi connectivity index (χ1) is 10.3. The minimum atomic E-state index is -3.38. The molecule has 0 fully saturated rings. The molecule has 0 amide bonds. The van der Waals surface area contributed by atoms with Gasteiger partial charge >= 0.3 is 5.69 Å². The number of aryl methyl sites for hydroxylation is 1. The van der Waals surface area contributed by atoms with Gasteiger partial charge in [-0.3, -0.25) is 13.9 Å². The molecule has 0 aliphatic heterocycles. The lowest BCUT2D eigenvalue weighted by Gasteiger charge is -2.03. The van der Waals surface area contributed by atoms with Crippen LogP contribution in [0.5, 0.6) is 0 Å². The molecule has 10 heteroatoms. The van der Waals surface area contributed by atoms with E-state index >= 15 is 0 Å². The molecule has 0 aromatic carbocycles. The number of hydrogen-bond acceptors (Lipinski definition) is 5. The molecule has 0 spiro atoms. The molecule has 0 aliphatic rings. The Morgan fingerprint density at radius 3 is 2.55 bits per heavy atom. The Balaban J connectivity index is 2.32. The van der Waals surface area contributed by atoms with Crippen LogP contribution in [0.3, 0.4) is 0 Å². The number of nitrogens with one attached hydrogen (secondary N) is 2. The van der Waals surface area contributed by atoms with Gasteiger partial charge in [-0.25, -0.2) is 22.9 Å². The highest BCUT2D eigenvalue weighted by atomic mass is 32.2. The zero-order valence-electron chi connectivity index (χ0n) is 12.7. The highest BCUT2D eigenvalue weighted by molar-refractivity contribution is 7.89. The van der Waals surface area contributed by atoms with Crippen molar-refractivity contribution in [3.63, 3.8) is 0 Å². The maximum absolute atomic E-state index is 12.0. The smallest absolute Gasteiger partial charge is 0.332 e. The predicted molar refractivity (Wildman–Crippen MR) is 82.1 cm³/mol. The third-order valence-corrected chi connectivity index (χ3v) is 4.78. The molecule has 2 N–H and O–H groups in total. The highest BCUT2D eigenvalue weighted by Gasteiger charge is 2.15. The molecule has 2 aromatic rings. The number of hydrogen-bond donors (Lipinski definition) is 2. The van der Waals surface area contributed by atoms with E-state index in [1.807, 2.05) is 6.92 Å². The SMILES string of the molecule is CCCCS(=O)(=O)NCc1nc2c([nH]1)c(=O)n(C)c(=O)n2C. The van der Waals surface area contributed by atoms with Gasteiger partial charge in [0.2, 0.25) is 10.0 Å². The number of imidazole rings is 1. The summed E-state index contributed by atoms with van der Waals surface area (Å²) in [5, 5.41) is 0. The lowest BCUT2D eigenvalue weighted by molar-refractivity contribution is 0.576. The second-order valence-corrected chi connectivity index (χ2v) is 7.01. The normalized spacial score (nSPS) is 12.1. The molecule has 122 valence electrons. The molecule has 22 heavy (non-hydrogen) atoms. The van der Waals surface area contributed by atoms with Crippen LogP contribution < -0.4 is 16.0 Å². The molecule has 0 saturated heterocycles. The number of fused-ring (bicyclic) bond motifs is 1. The lowest BCUT2D eigenvalue weighted by atomic mass is 10.4. The fourth-order valence-corrected chi connectivity index (χ4v) is 3.21. The second kappa shape index (κ2) is 6.05. The summed E-state index contributed by atoms with van der Waals surface area (Å²) in [6, 6.07) is 0. The van der Waals surface area contributed by atoms with Crippen LogP contribution in [0.2, 0.25) is 0 Å². The zero-order valence-corrected chi connectivity index (χ0v) is 13.5. The van der Waals surface area contributed by atoms with Gasteiger partial charge < -0.3 is 4.98 Å². The topological polar surface area (TPSA) is 119 Å². The molecule has 0 unspecified atom stereocenters. The number of nitrogens with zero attached hydrogens (tertiary/aromatic N) is 3. The van der Waals surface area contributed by atoms with Crippen molar-refractivity contribution < 1.29 is 8.42 Å². The molecule has 0 atom stereocenters. The highest BCUT2D eigenvalue weighted by Crippen LogP contribution is 2.04. The minimum Gasteiger partial charge on any atom is -0.335 e. The molecule has 9 nitrogen and oxygen atoms in total. The number of aromatic nitrogens is 4. The summed E-state index contributed by atoms with van der Waals surface area (Å²) in [4.78, 5) is 30.7. The van der Waals surface area contributed by atoms with E-state index < -0.39 is 21.3 Å². The lowest BCUT2D eigenvalue weighted by Crippen LogP contribution is -2.36. The summed E-state index contributed by atoms with van der Waals surface area (Å²) in [6.07, 6.45) is 1.36. The predicted octanol–water partition coefficient (Wildman–Crippen LogP) is -0.820. The Morgan fingerprint density at radius 1 is 1.23 bits per heavy atom. The first-order valence-electron chi connectivity index (χ1n) is 6.88. The van der Waals surface area contributed by atoms with Crippen molar-refractivity contribution >= 4 is 21.2 Å². The van der Waals surface area contributed by atoms with Gasteiger partial charge in [0.05, 0.1) is 12.3 Å². The van der Waals surface area contributed by atoms with Crippen LogP contribution in [0.15, 0.2) is 9.59 Å². The van der Waals surface area contributed by atoms with Crippen LogP contribution in [0.1, 0.15) is 25.6 Å². The summed E-state index contributed by atoms with van der Waals surface area (Å²) in [5.41, 5.74) is -0.604. The van der Waals surface area contributed by atoms with E-state index in [-0.39, 0.29) is 29.3 Å². The summed E-state index contributed by atoms with van der Waals surface area (Å²) in [7, 11) is -0.505. The van der Waals surface area contributed by atoms with E-state index in [9.17, 15) is 18.0 Å². The maximum Gasteiger partial charge on any atom is 0.332 e. The van der Waals surface area contributed by atoms with Gasteiger partial charge in [0.25, 0.3) is 5.56 Å². The van der Waals surface area contributed by atoms with Crippen LogP contribution in [0.25, 0.3) is 11.2 Å². The number of sulfonamides is 1. The summed E-state index contributed by atoms with van der Waals surface area (Å²) < 4.78 is 28.1. The van der Waals surface area contributed by atoms with Crippen LogP contribution in [0.4, 0.5) is 0 Å². The van der Waals surface area contributed by atoms with Crippen molar-refractivity contribution in [1.29, 1.82) is 0 Å². The third-order valence-electron chi connectivity index (χ3n) is 3.37.